The van der Waals surface area contributed by atoms with Crippen molar-refractivity contribution in [2.24, 2.45) is 0 Å². The van der Waals surface area contributed by atoms with Crippen LogP contribution in [0.4, 0.5) is 14.5 Å². The van der Waals surface area contributed by atoms with Crippen molar-refractivity contribution < 1.29 is 8.78 Å². The molecule has 0 amide bonds. The van der Waals surface area contributed by atoms with E-state index in [-0.39, 0.29) is 17.3 Å². The van der Waals surface area contributed by atoms with E-state index in [4.69, 9.17) is 5.26 Å². The van der Waals surface area contributed by atoms with Crippen LogP contribution in [0.1, 0.15) is 29.7 Å². The van der Waals surface area contributed by atoms with Crippen molar-refractivity contribution >= 4 is 5.69 Å². The van der Waals surface area contributed by atoms with Crippen molar-refractivity contribution in [3.63, 3.8) is 0 Å². The van der Waals surface area contributed by atoms with Crippen LogP contribution >= 0.6 is 0 Å². The maximum atomic E-state index is 13.8. The summed E-state index contributed by atoms with van der Waals surface area (Å²) in [7, 11) is 0. The number of hydrogen-bond donors (Lipinski definition) is 1. The number of nitrogens with zero attached hydrogens (tertiary/aromatic N) is 1. The van der Waals surface area contributed by atoms with Gasteiger partial charge < -0.3 is 5.32 Å². The Hall–Kier alpha value is -2.41. The molecule has 1 atom stereocenters. The first kappa shape index (κ1) is 14.0. The Bertz CT molecular complexity index is 675. The summed E-state index contributed by atoms with van der Waals surface area (Å²) in [6.07, 6.45) is 0. The Morgan fingerprint density at radius 2 is 1.80 bits per heavy atom. The average Bonchev–Trinajstić information content (AvgIpc) is 2.44. The van der Waals surface area contributed by atoms with Crippen LogP contribution in [0.25, 0.3) is 0 Å². The number of nitriles is 1. The average molecular weight is 272 g/mol. The Morgan fingerprint density at radius 3 is 2.45 bits per heavy atom. The molecule has 0 bridgehead atoms. The molecule has 2 aromatic carbocycles. The van der Waals surface area contributed by atoms with Crippen LogP contribution in [-0.4, -0.2) is 0 Å². The van der Waals surface area contributed by atoms with Gasteiger partial charge in [0, 0.05) is 6.04 Å². The van der Waals surface area contributed by atoms with E-state index in [9.17, 15) is 8.78 Å². The molecule has 1 unspecified atom stereocenters. The van der Waals surface area contributed by atoms with Crippen molar-refractivity contribution in [2.45, 2.75) is 19.9 Å². The van der Waals surface area contributed by atoms with Gasteiger partial charge in [-0.1, -0.05) is 24.3 Å². The number of hydrogen-bond acceptors (Lipinski definition) is 2. The van der Waals surface area contributed by atoms with Crippen molar-refractivity contribution in [3.05, 3.63) is 64.7 Å². The van der Waals surface area contributed by atoms with Gasteiger partial charge in [-0.25, -0.2) is 8.78 Å². The molecule has 0 saturated heterocycles. The molecule has 2 rings (SSSR count). The molecule has 2 aromatic rings. The Balaban J connectivity index is 2.30. The minimum absolute atomic E-state index is 0.0530. The summed E-state index contributed by atoms with van der Waals surface area (Å²) in [5, 5.41) is 11.6. The van der Waals surface area contributed by atoms with Crippen LogP contribution in [0.3, 0.4) is 0 Å². The van der Waals surface area contributed by atoms with E-state index in [1.165, 1.54) is 12.1 Å². The molecule has 0 aliphatic rings. The fourth-order valence-electron chi connectivity index (χ4n) is 2.13. The summed E-state index contributed by atoms with van der Waals surface area (Å²) >= 11 is 0. The molecule has 0 heterocycles. The van der Waals surface area contributed by atoms with Gasteiger partial charge in [-0.15, -0.1) is 0 Å². The van der Waals surface area contributed by atoms with Gasteiger partial charge in [0.15, 0.2) is 11.6 Å². The Labute approximate surface area is 116 Å². The van der Waals surface area contributed by atoms with Crippen molar-refractivity contribution in [1.82, 2.24) is 0 Å². The monoisotopic (exact) mass is 272 g/mol. The van der Waals surface area contributed by atoms with Crippen LogP contribution in [0, 0.1) is 29.9 Å². The maximum absolute atomic E-state index is 13.8. The van der Waals surface area contributed by atoms with E-state index >= 15 is 0 Å². The van der Waals surface area contributed by atoms with E-state index in [1.54, 1.807) is 6.07 Å². The number of benzene rings is 2. The van der Waals surface area contributed by atoms with Gasteiger partial charge in [-0.2, -0.15) is 5.26 Å². The smallest absolute Gasteiger partial charge is 0.183 e. The van der Waals surface area contributed by atoms with Crippen LogP contribution in [0.2, 0.25) is 0 Å². The highest BCUT2D eigenvalue weighted by atomic mass is 19.2. The lowest BCUT2D eigenvalue weighted by atomic mass is 10.0. The predicted octanol–water partition coefficient (Wildman–Crippen LogP) is 4.32. The molecule has 0 radical (unpaired) electrons. The lowest BCUT2D eigenvalue weighted by Crippen LogP contribution is -2.10. The number of nitrogens with one attached hydrogen (secondary N) is 1. The topological polar surface area (TPSA) is 35.8 Å². The summed E-state index contributed by atoms with van der Waals surface area (Å²) in [4.78, 5) is 0. The molecule has 0 fully saturated rings. The molecule has 4 heteroatoms. The number of halogens is 2. The lowest BCUT2D eigenvalue weighted by Gasteiger charge is -2.18. The van der Waals surface area contributed by atoms with E-state index in [0.717, 1.165) is 11.1 Å². The first-order chi connectivity index (χ1) is 9.54. The van der Waals surface area contributed by atoms with Gasteiger partial charge in [-0.3, -0.25) is 0 Å². The molecule has 1 N–H and O–H groups in total. The van der Waals surface area contributed by atoms with E-state index in [2.05, 4.69) is 5.32 Å². The fourth-order valence-corrected chi connectivity index (χ4v) is 2.13. The lowest BCUT2D eigenvalue weighted by molar-refractivity contribution is 0.507. The van der Waals surface area contributed by atoms with E-state index < -0.39 is 11.6 Å². The number of aryl methyl sites for hydroxylation is 1. The van der Waals surface area contributed by atoms with Gasteiger partial charge in [0.05, 0.1) is 11.3 Å². The number of anilines is 1. The molecular weight excluding hydrogens is 258 g/mol. The van der Waals surface area contributed by atoms with Crippen LogP contribution < -0.4 is 5.32 Å². The van der Waals surface area contributed by atoms with Gasteiger partial charge in [0.1, 0.15) is 6.07 Å². The highest BCUT2D eigenvalue weighted by Gasteiger charge is 2.15. The molecule has 0 aliphatic carbocycles. The standard InChI is InChI=1S/C16H14F2N2/c1-10-5-3-4-6-13(10)11(2)20-14-8-7-12(9-19)15(17)16(14)18/h3-8,11,20H,1-2H3. The fraction of sp³-hybridized carbons (Fsp3) is 0.188. The van der Waals surface area contributed by atoms with Gasteiger partial charge in [0.2, 0.25) is 0 Å². The maximum Gasteiger partial charge on any atom is 0.183 e. The van der Waals surface area contributed by atoms with Crippen molar-refractivity contribution in [1.29, 1.82) is 5.26 Å². The quantitative estimate of drug-likeness (QED) is 0.903. The third kappa shape index (κ3) is 2.62. The molecule has 2 nitrogen and oxygen atoms in total. The first-order valence-electron chi connectivity index (χ1n) is 6.24. The zero-order valence-electron chi connectivity index (χ0n) is 11.2. The second-order valence-corrected chi connectivity index (χ2v) is 4.62. The molecule has 102 valence electrons. The SMILES string of the molecule is Cc1ccccc1C(C)Nc1ccc(C#N)c(F)c1F. The second kappa shape index (κ2) is 5.70. The summed E-state index contributed by atoms with van der Waals surface area (Å²) in [6, 6.07) is 11.8. The van der Waals surface area contributed by atoms with Crippen LogP contribution in [-0.2, 0) is 0 Å². The molecule has 0 spiro atoms. The molecule has 0 aliphatic heterocycles. The summed E-state index contributed by atoms with van der Waals surface area (Å²) in [5.74, 6) is -2.14. The third-order valence-electron chi connectivity index (χ3n) is 3.23. The van der Waals surface area contributed by atoms with Crippen LogP contribution in [0.5, 0.6) is 0 Å². The van der Waals surface area contributed by atoms with Crippen LogP contribution in [0.15, 0.2) is 36.4 Å². The summed E-state index contributed by atoms with van der Waals surface area (Å²) in [6.45, 7) is 3.83. The Kier molecular flexibility index (Phi) is 3.99. The highest BCUT2D eigenvalue weighted by Crippen LogP contribution is 2.26. The van der Waals surface area contributed by atoms with Gasteiger partial charge >= 0.3 is 0 Å². The largest absolute Gasteiger partial charge is 0.376 e. The zero-order valence-corrected chi connectivity index (χ0v) is 11.2. The van der Waals surface area contributed by atoms with E-state index in [1.807, 2.05) is 38.1 Å². The molecule has 0 aromatic heterocycles. The third-order valence-corrected chi connectivity index (χ3v) is 3.23. The van der Waals surface area contributed by atoms with Crippen molar-refractivity contribution in [2.75, 3.05) is 5.32 Å². The minimum Gasteiger partial charge on any atom is -0.376 e. The highest BCUT2D eigenvalue weighted by molar-refractivity contribution is 5.51. The van der Waals surface area contributed by atoms with E-state index in [0.29, 0.717) is 0 Å². The number of rotatable bonds is 3. The summed E-state index contributed by atoms with van der Waals surface area (Å²) < 4.78 is 27.4. The zero-order chi connectivity index (χ0) is 14.7. The Morgan fingerprint density at radius 1 is 1.10 bits per heavy atom. The van der Waals surface area contributed by atoms with Crippen molar-refractivity contribution in [3.8, 4) is 6.07 Å². The van der Waals surface area contributed by atoms with Gasteiger partial charge in [0.25, 0.3) is 0 Å². The van der Waals surface area contributed by atoms with Gasteiger partial charge in [-0.05, 0) is 37.1 Å². The molecular formula is C16H14F2N2. The normalized spacial score (nSPS) is 11.8. The molecule has 20 heavy (non-hydrogen) atoms. The second-order valence-electron chi connectivity index (χ2n) is 4.62. The molecule has 0 saturated carbocycles. The first-order valence-corrected chi connectivity index (χ1v) is 6.24. The minimum atomic E-state index is -1.12. The summed E-state index contributed by atoms with van der Waals surface area (Å²) in [5.41, 5.74) is 1.84. The predicted molar refractivity (Wildman–Crippen MR) is 74.3 cm³/mol.